The Bertz CT molecular complexity index is 588. The van der Waals surface area contributed by atoms with Crippen LogP contribution in [0.15, 0.2) is 30.5 Å². The van der Waals surface area contributed by atoms with Crippen LogP contribution in [0.25, 0.3) is 5.69 Å². The molecule has 0 radical (unpaired) electrons. The second kappa shape index (κ2) is 5.45. The fourth-order valence-electron chi connectivity index (χ4n) is 3.46. The summed E-state index contributed by atoms with van der Waals surface area (Å²) in [6.45, 7) is 4.47. The molecule has 0 bridgehead atoms. The van der Waals surface area contributed by atoms with Crippen LogP contribution in [0.3, 0.4) is 0 Å². The van der Waals surface area contributed by atoms with E-state index in [0.29, 0.717) is 0 Å². The fraction of sp³-hybridized carbons (Fsp3) is 0.444. The standard InChI is InChI=1S/C18H24N2/c1-3-13-7-5-8-14(4-2)18(13)20-12-11-15-16(19)9-6-10-17(15)20/h5,7-8,11-12,16H,3-4,6,9-10,19H2,1-2H3. The van der Waals surface area contributed by atoms with Gasteiger partial charge in [-0.2, -0.15) is 0 Å². The van der Waals surface area contributed by atoms with Crippen LogP contribution in [0.1, 0.15) is 55.1 Å². The zero-order valence-electron chi connectivity index (χ0n) is 12.5. The van der Waals surface area contributed by atoms with Crippen molar-refractivity contribution < 1.29 is 0 Å². The maximum Gasteiger partial charge on any atom is 0.0516 e. The summed E-state index contributed by atoms with van der Waals surface area (Å²) in [6, 6.07) is 9.14. The van der Waals surface area contributed by atoms with Crippen molar-refractivity contribution in [1.29, 1.82) is 0 Å². The normalized spacial score (nSPS) is 18.1. The summed E-state index contributed by atoms with van der Waals surface area (Å²) in [7, 11) is 0. The van der Waals surface area contributed by atoms with Crippen molar-refractivity contribution in [1.82, 2.24) is 4.57 Å². The molecule has 2 heteroatoms. The van der Waals surface area contributed by atoms with E-state index in [-0.39, 0.29) is 6.04 Å². The number of nitrogens with zero attached hydrogens (tertiary/aromatic N) is 1. The molecule has 1 atom stereocenters. The van der Waals surface area contributed by atoms with Crippen molar-refractivity contribution in [3.63, 3.8) is 0 Å². The molecule has 3 rings (SSSR count). The molecule has 0 fully saturated rings. The van der Waals surface area contributed by atoms with Gasteiger partial charge in [0.05, 0.1) is 5.69 Å². The van der Waals surface area contributed by atoms with Gasteiger partial charge < -0.3 is 10.3 Å². The van der Waals surface area contributed by atoms with Gasteiger partial charge in [0.1, 0.15) is 0 Å². The molecule has 0 aliphatic heterocycles. The molecule has 1 aliphatic rings. The van der Waals surface area contributed by atoms with Gasteiger partial charge in [-0.1, -0.05) is 32.0 Å². The minimum Gasteiger partial charge on any atom is -0.324 e. The molecule has 2 aromatic rings. The van der Waals surface area contributed by atoms with E-state index in [1.165, 1.54) is 34.5 Å². The van der Waals surface area contributed by atoms with E-state index >= 15 is 0 Å². The molecule has 1 unspecified atom stereocenters. The average molecular weight is 268 g/mol. The van der Waals surface area contributed by atoms with Crippen LogP contribution in [-0.4, -0.2) is 4.57 Å². The van der Waals surface area contributed by atoms with Crippen molar-refractivity contribution in [3.8, 4) is 5.69 Å². The van der Waals surface area contributed by atoms with Crippen LogP contribution in [-0.2, 0) is 19.3 Å². The molecule has 1 aromatic carbocycles. The first-order valence-corrected chi connectivity index (χ1v) is 7.83. The summed E-state index contributed by atoms with van der Waals surface area (Å²) < 4.78 is 2.41. The average Bonchev–Trinajstić information content (AvgIpc) is 2.91. The lowest BCUT2D eigenvalue weighted by Gasteiger charge is -2.23. The Morgan fingerprint density at radius 2 is 1.85 bits per heavy atom. The molecule has 106 valence electrons. The predicted molar refractivity (Wildman–Crippen MR) is 84.4 cm³/mol. The van der Waals surface area contributed by atoms with E-state index in [0.717, 1.165) is 25.7 Å². The number of fused-ring (bicyclic) bond motifs is 1. The highest BCUT2D eigenvalue weighted by Gasteiger charge is 2.22. The number of aromatic nitrogens is 1. The Hall–Kier alpha value is -1.54. The molecule has 2 N–H and O–H groups in total. The number of benzene rings is 1. The molecule has 0 spiro atoms. The second-order valence-electron chi connectivity index (χ2n) is 5.72. The van der Waals surface area contributed by atoms with Crippen LogP contribution >= 0.6 is 0 Å². The van der Waals surface area contributed by atoms with Gasteiger partial charge in [-0.15, -0.1) is 0 Å². The van der Waals surface area contributed by atoms with E-state index in [1.807, 2.05) is 0 Å². The summed E-state index contributed by atoms with van der Waals surface area (Å²) in [5.74, 6) is 0. The molecule has 1 aromatic heterocycles. The summed E-state index contributed by atoms with van der Waals surface area (Å²) in [5, 5.41) is 0. The van der Waals surface area contributed by atoms with Crippen molar-refractivity contribution >= 4 is 0 Å². The Morgan fingerprint density at radius 1 is 1.15 bits per heavy atom. The van der Waals surface area contributed by atoms with Crippen molar-refractivity contribution in [2.45, 2.75) is 52.0 Å². The highest BCUT2D eigenvalue weighted by Crippen LogP contribution is 2.32. The lowest BCUT2D eigenvalue weighted by atomic mass is 9.93. The Morgan fingerprint density at radius 3 is 2.50 bits per heavy atom. The van der Waals surface area contributed by atoms with Gasteiger partial charge in [0.2, 0.25) is 0 Å². The second-order valence-corrected chi connectivity index (χ2v) is 5.72. The number of aryl methyl sites for hydroxylation is 2. The Balaban J connectivity index is 2.19. The smallest absolute Gasteiger partial charge is 0.0516 e. The van der Waals surface area contributed by atoms with E-state index in [2.05, 4.69) is 48.9 Å². The summed E-state index contributed by atoms with van der Waals surface area (Å²) in [6.07, 6.45) is 7.84. The highest BCUT2D eigenvalue weighted by molar-refractivity contribution is 5.51. The van der Waals surface area contributed by atoms with Crippen LogP contribution < -0.4 is 5.73 Å². The van der Waals surface area contributed by atoms with Gasteiger partial charge in [-0.3, -0.25) is 0 Å². The van der Waals surface area contributed by atoms with Gasteiger partial charge in [-0.25, -0.2) is 0 Å². The zero-order valence-corrected chi connectivity index (χ0v) is 12.5. The minimum absolute atomic E-state index is 0.221. The van der Waals surface area contributed by atoms with Gasteiger partial charge >= 0.3 is 0 Å². The van der Waals surface area contributed by atoms with E-state index < -0.39 is 0 Å². The van der Waals surface area contributed by atoms with Crippen molar-refractivity contribution in [2.75, 3.05) is 0 Å². The number of hydrogen-bond acceptors (Lipinski definition) is 1. The number of rotatable bonds is 3. The van der Waals surface area contributed by atoms with Crippen LogP contribution in [0.5, 0.6) is 0 Å². The van der Waals surface area contributed by atoms with E-state index in [9.17, 15) is 0 Å². The highest BCUT2D eigenvalue weighted by atomic mass is 15.0. The molecule has 1 heterocycles. The molecule has 0 saturated carbocycles. The van der Waals surface area contributed by atoms with Crippen LogP contribution in [0, 0.1) is 0 Å². The maximum absolute atomic E-state index is 6.27. The van der Waals surface area contributed by atoms with Gasteiger partial charge in [-0.05, 0) is 54.9 Å². The maximum atomic E-state index is 6.27. The SMILES string of the molecule is CCc1cccc(CC)c1-n1ccc2c1CCCC2N. The molecular weight excluding hydrogens is 244 g/mol. The van der Waals surface area contributed by atoms with Gasteiger partial charge in [0.15, 0.2) is 0 Å². The molecule has 2 nitrogen and oxygen atoms in total. The van der Waals surface area contributed by atoms with Crippen LogP contribution in [0.4, 0.5) is 0 Å². The topological polar surface area (TPSA) is 30.9 Å². The van der Waals surface area contributed by atoms with Gasteiger partial charge in [0, 0.05) is 17.9 Å². The number of hydrogen-bond donors (Lipinski definition) is 1. The zero-order chi connectivity index (χ0) is 14.1. The minimum atomic E-state index is 0.221. The van der Waals surface area contributed by atoms with Crippen molar-refractivity contribution in [2.24, 2.45) is 5.73 Å². The first-order chi connectivity index (χ1) is 9.76. The molecule has 1 aliphatic carbocycles. The largest absolute Gasteiger partial charge is 0.324 e. The summed E-state index contributed by atoms with van der Waals surface area (Å²) >= 11 is 0. The predicted octanol–water partition coefficient (Wildman–Crippen LogP) is 3.94. The fourth-order valence-corrected chi connectivity index (χ4v) is 3.46. The third-order valence-corrected chi connectivity index (χ3v) is 4.56. The lowest BCUT2D eigenvalue weighted by Crippen LogP contribution is -2.18. The van der Waals surface area contributed by atoms with Crippen LogP contribution in [0.2, 0.25) is 0 Å². The Labute approximate surface area is 121 Å². The molecule has 0 saturated heterocycles. The third-order valence-electron chi connectivity index (χ3n) is 4.56. The quantitative estimate of drug-likeness (QED) is 0.898. The van der Waals surface area contributed by atoms with E-state index in [1.54, 1.807) is 0 Å². The third kappa shape index (κ3) is 2.08. The Kier molecular flexibility index (Phi) is 3.66. The van der Waals surface area contributed by atoms with Gasteiger partial charge in [0.25, 0.3) is 0 Å². The first kappa shape index (κ1) is 13.4. The summed E-state index contributed by atoms with van der Waals surface area (Å²) in [4.78, 5) is 0. The monoisotopic (exact) mass is 268 g/mol. The van der Waals surface area contributed by atoms with Crippen molar-refractivity contribution in [3.05, 3.63) is 52.8 Å². The number of para-hydroxylation sites is 1. The van der Waals surface area contributed by atoms with E-state index in [4.69, 9.17) is 5.73 Å². The summed E-state index contributed by atoms with van der Waals surface area (Å²) in [5.41, 5.74) is 13.3. The molecule has 20 heavy (non-hydrogen) atoms. The first-order valence-electron chi connectivity index (χ1n) is 7.83. The number of nitrogens with two attached hydrogens (primary N) is 1. The molecular formula is C18H24N2. The molecule has 0 amide bonds. The lowest BCUT2D eigenvalue weighted by molar-refractivity contribution is 0.559.